The van der Waals surface area contributed by atoms with Gasteiger partial charge >= 0.3 is 5.76 Å². The fourth-order valence-electron chi connectivity index (χ4n) is 3.13. The van der Waals surface area contributed by atoms with Gasteiger partial charge in [-0.2, -0.15) is 4.98 Å². The van der Waals surface area contributed by atoms with Crippen molar-refractivity contribution in [3.05, 3.63) is 70.3 Å². The molecule has 0 aliphatic heterocycles. The number of rotatable bonds is 7. The molecule has 0 spiro atoms. The van der Waals surface area contributed by atoms with Gasteiger partial charge in [0.25, 0.3) is 10.0 Å². The molecular formula is C20H20N4O5S. The van der Waals surface area contributed by atoms with Crippen LogP contribution in [0.25, 0.3) is 11.1 Å². The number of aromatic nitrogens is 3. The predicted molar refractivity (Wildman–Crippen MR) is 110 cm³/mol. The van der Waals surface area contributed by atoms with Crippen molar-refractivity contribution < 1.29 is 17.4 Å². The second kappa shape index (κ2) is 7.79. The average Bonchev–Trinajstić information content (AvgIpc) is 3.32. The van der Waals surface area contributed by atoms with Crippen LogP contribution in [0.4, 0.5) is 5.69 Å². The highest BCUT2D eigenvalue weighted by atomic mass is 32.2. The monoisotopic (exact) mass is 428 g/mol. The van der Waals surface area contributed by atoms with Crippen molar-refractivity contribution in [2.45, 2.75) is 38.1 Å². The van der Waals surface area contributed by atoms with Crippen molar-refractivity contribution in [3.63, 3.8) is 0 Å². The molecule has 4 rings (SSSR count). The summed E-state index contributed by atoms with van der Waals surface area (Å²) in [5.41, 5.74) is 2.00. The highest BCUT2D eigenvalue weighted by Crippen LogP contribution is 2.23. The van der Waals surface area contributed by atoms with E-state index in [-0.39, 0.29) is 17.0 Å². The zero-order chi connectivity index (χ0) is 21.3. The maximum absolute atomic E-state index is 12.9. The summed E-state index contributed by atoms with van der Waals surface area (Å²) in [5.74, 6) is 0.176. The van der Waals surface area contributed by atoms with E-state index in [4.69, 9.17) is 8.94 Å². The molecule has 0 saturated heterocycles. The fourth-order valence-corrected chi connectivity index (χ4v) is 4.25. The first-order valence-corrected chi connectivity index (χ1v) is 10.9. The third-order valence-corrected chi connectivity index (χ3v) is 6.07. The van der Waals surface area contributed by atoms with E-state index in [9.17, 15) is 13.2 Å². The van der Waals surface area contributed by atoms with Crippen LogP contribution in [0.15, 0.2) is 61.1 Å². The number of hydrogen-bond acceptors (Lipinski definition) is 7. The van der Waals surface area contributed by atoms with Crippen molar-refractivity contribution in [1.82, 2.24) is 14.7 Å². The van der Waals surface area contributed by atoms with Crippen LogP contribution >= 0.6 is 0 Å². The quantitative estimate of drug-likeness (QED) is 0.480. The Labute approximate surface area is 172 Å². The molecule has 4 aromatic rings. The van der Waals surface area contributed by atoms with E-state index in [0.717, 1.165) is 5.56 Å². The number of benzene rings is 2. The van der Waals surface area contributed by atoms with Crippen molar-refractivity contribution in [3.8, 4) is 0 Å². The van der Waals surface area contributed by atoms with E-state index in [1.54, 1.807) is 12.1 Å². The van der Waals surface area contributed by atoms with Gasteiger partial charge in [-0.05, 0) is 30.2 Å². The number of para-hydroxylation sites is 1. The molecule has 30 heavy (non-hydrogen) atoms. The summed E-state index contributed by atoms with van der Waals surface area (Å²) in [6.07, 6.45) is 1.27. The summed E-state index contributed by atoms with van der Waals surface area (Å²) in [4.78, 5) is 16.5. The SMILES string of the molecule is CCc1nc(Cn2c(=O)oc3cc(S(=O)(=O)Nc4ccccc4CC)ccc32)no1. The summed E-state index contributed by atoms with van der Waals surface area (Å²) < 4.78 is 40.0. The molecule has 0 atom stereocenters. The van der Waals surface area contributed by atoms with Gasteiger partial charge in [0, 0.05) is 12.5 Å². The van der Waals surface area contributed by atoms with Gasteiger partial charge in [0.2, 0.25) is 5.89 Å². The van der Waals surface area contributed by atoms with Crippen molar-refractivity contribution in [2.24, 2.45) is 0 Å². The van der Waals surface area contributed by atoms with E-state index in [1.165, 1.54) is 22.8 Å². The number of oxazole rings is 1. The highest BCUT2D eigenvalue weighted by molar-refractivity contribution is 7.92. The van der Waals surface area contributed by atoms with Gasteiger partial charge in [-0.1, -0.05) is 37.2 Å². The Hall–Kier alpha value is -3.40. The standard InChI is InChI=1S/C20H20N4O5S/c1-3-13-7-5-6-8-15(13)23-30(26,27)14-9-10-16-17(11-14)28-20(25)24(16)12-18-21-19(4-2)29-22-18/h5-11,23H,3-4,12H2,1-2H3. The Balaban J connectivity index is 1.67. The molecule has 10 heteroatoms. The Morgan fingerprint density at radius 1 is 1.10 bits per heavy atom. The predicted octanol–water partition coefficient (Wildman–Crippen LogP) is 2.95. The van der Waals surface area contributed by atoms with Crippen molar-refractivity contribution >= 4 is 26.8 Å². The molecule has 0 bridgehead atoms. The number of nitrogens with zero attached hydrogens (tertiary/aromatic N) is 3. The lowest BCUT2D eigenvalue weighted by atomic mass is 10.1. The molecule has 2 aromatic heterocycles. The zero-order valence-corrected chi connectivity index (χ0v) is 17.3. The maximum Gasteiger partial charge on any atom is 0.420 e. The smallest absolute Gasteiger partial charge is 0.408 e. The molecule has 2 aromatic carbocycles. The minimum absolute atomic E-state index is 0.00497. The number of anilines is 1. The largest absolute Gasteiger partial charge is 0.420 e. The summed E-state index contributed by atoms with van der Waals surface area (Å²) in [7, 11) is -3.86. The summed E-state index contributed by atoms with van der Waals surface area (Å²) in [5, 5.41) is 3.84. The van der Waals surface area contributed by atoms with Crippen LogP contribution in [0.5, 0.6) is 0 Å². The second-order valence-corrected chi connectivity index (χ2v) is 8.34. The minimum atomic E-state index is -3.86. The van der Waals surface area contributed by atoms with Crippen molar-refractivity contribution in [1.29, 1.82) is 0 Å². The number of nitrogens with one attached hydrogen (secondary N) is 1. The lowest BCUT2D eigenvalue weighted by Gasteiger charge is -2.11. The second-order valence-electron chi connectivity index (χ2n) is 6.66. The van der Waals surface area contributed by atoms with E-state index >= 15 is 0 Å². The van der Waals surface area contributed by atoms with Crippen LogP contribution in [-0.4, -0.2) is 23.1 Å². The Bertz CT molecular complexity index is 1370. The normalized spacial score (nSPS) is 11.8. The van der Waals surface area contributed by atoms with Crippen LogP contribution < -0.4 is 10.5 Å². The first-order valence-electron chi connectivity index (χ1n) is 9.47. The lowest BCUT2D eigenvalue weighted by Crippen LogP contribution is -2.16. The molecule has 0 aliphatic rings. The molecule has 0 saturated carbocycles. The van der Waals surface area contributed by atoms with E-state index < -0.39 is 15.8 Å². The van der Waals surface area contributed by atoms with Crippen LogP contribution in [-0.2, 0) is 29.4 Å². The molecule has 156 valence electrons. The molecule has 2 heterocycles. The van der Waals surface area contributed by atoms with Gasteiger partial charge in [0.05, 0.1) is 22.6 Å². The summed E-state index contributed by atoms with van der Waals surface area (Å²) in [6.45, 7) is 3.89. The van der Waals surface area contributed by atoms with E-state index in [1.807, 2.05) is 26.0 Å². The first-order chi connectivity index (χ1) is 14.4. The molecule has 9 nitrogen and oxygen atoms in total. The molecular weight excluding hydrogens is 408 g/mol. The number of sulfonamides is 1. The molecule has 0 unspecified atom stereocenters. The van der Waals surface area contributed by atoms with Crippen LogP contribution in [0.1, 0.15) is 31.1 Å². The van der Waals surface area contributed by atoms with E-state index in [0.29, 0.717) is 35.8 Å². The van der Waals surface area contributed by atoms with Gasteiger partial charge in [-0.15, -0.1) is 0 Å². The first kappa shape index (κ1) is 19.9. The molecule has 0 fully saturated rings. The topological polar surface area (TPSA) is 120 Å². The van der Waals surface area contributed by atoms with Crippen LogP contribution in [0.3, 0.4) is 0 Å². The third kappa shape index (κ3) is 3.73. The Kier molecular flexibility index (Phi) is 5.17. The molecule has 1 N–H and O–H groups in total. The zero-order valence-electron chi connectivity index (χ0n) is 16.5. The molecule has 0 aliphatic carbocycles. The van der Waals surface area contributed by atoms with Gasteiger partial charge in [-0.25, -0.2) is 13.2 Å². The van der Waals surface area contributed by atoms with Gasteiger partial charge in [0.1, 0.15) is 0 Å². The maximum atomic E-state index is 12.9. The van der Waals surface area contributed by atoms with Gasteiger partial charge in [0.15, 0.2) is 11.4 Å². The molecule has 0 radical (unpaired) electrons. The Morgan fingerprint density at radius 2 is 1.90 bits per heavy atom. The van der Waals surface area contributed by atoms with Gasteiger partial charge < -0.3 is 8.94 Å². The third-order valence-electron chi connectivity index (χ3n) is 4.70. The minimum Gasteiger partial charge on any atom is -0.408 e. The molecule has 0 amide bonds. The number of fused-ring (bicyclic) bond motifs is 1. The lowest BCUT2D eigenvalue weighted by molar-refractivity contribution is 0.375. The van der Waals surface area contributed by atoms with Crippen LogP contribution in [0.2, 0.25) is 0 Å². The number of aryl methyl sites for hydroxylation is 2. The number of hydrogen-bond donors (Lipinski definition) is 1. The van der Waals surface area contributed by atoms with Gasteiger partial charge in [-0.3, -0.25) is 9.29 Å². The van der Waals surface area contributed by atoms with Crippen LogP contribution in [0, 0.1) is 0 Å². The summed E-state index contributed by atoms with van der Waals surface area (Å²) >= 11 is 0. The summed E-state index contributed by atoms with van der Waals surface area (Å²) in [6, 6.07) is 11.5. The van der Waals surface area contributed by atoms with Crippen molar-refractivity contribution in [2.75, 3.05) is 4.72 Å². The average molecular weight is 428 g/mol. The van der Waals surface area contributed by atoms with E-state index in [2.05, 4.69) is 14.9 Å². The fraction of sp³-hybridized carbons (Fsp3) is 0.250. The Morgan fingerprint density at radius 3 is 2.63 bits per heavy atom. The highest BCUT2D eigenvalue weighted by Gasteiger charge is 2.19.